The van der Waals surface area contributed by atoms with Gasteiger partial charge in [0, 0.05) is 0 Å². The fraction of sp³-hybridized carbons (Fsp3) is 0.0909. The molecule has 5 nitrogen and oxygen atoms in total. The summed E-state index contributed by atoms with van der Waals surface area (Å²) in [7, 11) is 1.19. The Bertz CT molecular complexity index is 603. The van der Waals surface area contributed by atoms with Crippen molar-refractivity contribution in [1.82, 2.24) is 9.97 Å². The molecule has 1 N–H and O–H groups in total. The second-order valence-corrected chi connectivity index (χ2v) is 3.26. The van der Waals surface area contributed by atoms with Gasteiger partial charge >= 0.3 is 24.8 Å². The minimum absolute atomic E-state index is 0. The van der Waals surface area contributed by atoms with Gasteiger partial charge in [-0.3, -0.25) is 4.79 Å². The fourth-order valence-electron chi connectivity index (χ4n) is 1.42. The molecule has 2 aromatic rings. The summed E-state index contributed by atoms with van der Waals surface area (Å²) in [5.74, 6) is -1.13. The number of hydrogen-bond acceptors (Lipinski definition) is 3. The van der Waals surface area contributed by atoms with Crippen LogP contribution in [-0.4, -0.2) is 18.1 Å². The van der Waals surface area contributed by atoms with Gasteiger partial charge in [0.05, 0.1) is 12.8 Å². The molecule has 0 amide bonds. The van der Waals surface area contributed by atoms with E-state index in [2.05, 4.69) is 14.7 Å². The molecule has 1 aromatic heterocycles. The molecular weight excluding hydrogens is 234 g/mol. The number of methoxy groups -OCH3 is 1. The van der Waals surface area contributed by atoms with E-state index in [4.69, 9.17) is 0 Å². The van der Waals surface area contributed by atoms with E-state index in [1.807, 2.05) is 0 Å². The summed E-state index contributed by atoms with van der Waals surface area (Å²) < 4.78 is 17.3. The minimum Gasteiger partial charge on any atom is -0.466 e. The molecule has 0 spiro atoms. The van der Waals surface area contributed by atoms with Crippen LogP contribution in [-0.2, 0) is 4.74 Å². The Kier molecular flexibility index (Phi) is 4.54. The smallest absolute Gasteiger partial charge is 0.466 e. The van der Waals surface area contributed by atoms with Crippen LogP contribution in [0, 0.1) is 5.82 Å². The molecule has 0 fully saturated rings. The molecule has 0 aliphatic heterocycles. The summed E-state index contributed by atoms with van der Waals surface area (Å²) in [5.41, 5.74) is -0.0444. The van der Waals surface area contributed by atoms with Crippen molar-refractivity contribution in [3.63, 3.8) is 0 Å². The van der Waals surface area contributed by atoms with Crippen molar-refractivity contribution in [2.75, 3.05) is 7.11 Å². The quantitative estimate of drug-likeness (QED) is 0.485. The fourth-order valence-corrected chi connectivity index (χ4v) is 1.42. The summed E-state index contributed by atoms with van der Waals surface area (Å²) in [6, 6.07) is 5.33. The van der Waals surface area contributed by atoms with Gasteiger partial charge in [0.1, 0.15) is 5.82 Å². The Balaban J connectivity index is 0.00000162. The summed E-state index contributed by atoms with van der Waals surface area (Å²) in [4.78, 5) is 28.4. The number of aromatic nitrogens is 2. The van der Waals surface area contributed by atoms with Crippen LogP contribution in [0.25, 0.3) is 11.3 Å². The zero-order valence-corrected chi connectivity index (χ0v) is 9.86. The largest absolute Gasteiger partial charge is 1.00 e. The van der Waals surface area contributed by atoms with Crippen LogP contribution < -0.4 is 29.5 Å². The van der Waals surface area contributed by atoms with E-state index < -0.39 is 17.5 Å². The second-order valence-electron chi connectivity index (χ2n) is 3.26. The monoisotopic (exact) mass is 242 g/mol. The topological polar surface area (TPSA) is 73.3 Å². The Labute approximate surface area is 114 Å². The second kappa shape index (κ2) is 5.71. The molecule has 0 radical (unpaired) electrons. The number of esters is 1. The number of halogens is 1. The van der Waals surface area contributed by atoms with Gasteiger partial charge in [0.25, 0.3) is 0 Å². The molecule has 1 aromatic carbocycles. The van der Waals surface area contributed by atoms with Crippen molar-refractivity contribution >= 4 is 5.97 Å². The molecule has 0 saturated carbocycles. The van der Waals surface area contributed by atoms with Crippen molar-refractivity contribution < 1.29 is 32.8 Å². The summed E-state index contributed by atoms with van der Waals surface area (Å²) >= 11 is 0. The van der Waals surface area contributed by atoms with Crippen LogP contribution in [0.2, 0.25) is 0 Å². The van der Waals surface area contributed by atoms with Crippen molar-refractivity contribution in [3.05, 3.63) is 46.3 Å². The molecule has 0 bridgehead atoms. The average molecular weight is 242 g/mol. The first-order valence-electron chi connectivity index (χ1n) is 4.73. The number of carbonyl (C=O) groups excluding carboxylic acids is 1. The molecule has 0 unspecified atom stereocenters. The molecule has 0 saturated heterocycles. The number of carbonyl (C=O) groups is 1. The maximum Gasteiger partial charge on any atom is 1.00 e. The normalized spacial score (nSPS) is 9.67. The first kappa shape index (κ1) is 14.3. The maximum atomic E-state index is 12.8. The Morgan fingerprint density at radius 3 is 2.50 bits per heavy atom. The zero-order valence-electron chi connectivity index (χ0n) is 9.86. The molecule has 1 heterocycles. The number of nitrogens with zero attached hydrogens (tertiary/aromatic N) is 1. The van der Waals surface area contributed by atoms with Crippen LogP contribution in [0.4, 0.5) is 4.39 Å². The minimum atomic E-state index is -0.720. The Morgan fingerprint density at radius 1 is 1.33 bits per heavy atom. The van der Waals surface area contributed by atoms with Crippen molar-refractivity contribution in [3.8, 4) is 11.3 Å². The molecule has 2 rings (SSSR count). The average Bonchev–Trinajstić information content (AvgIpc) is 2.71. The number of H-pyrrole nitrogens is 1. The number of nitrogens with one attached hydrogen (secondary N) is 1. The van der Waals surface area contributed by atoms with E-state index in [1.54, 1.807) is 0 Å². The van der Waals surface area contributed by atoms with E-state index in [-0.39, 0.29) is 30.2 Å². The first-order valence-corrected chi connectivity index (χ1v) is 4.73. The third-order valence-electron chi connectivity index (χ3n) is 2.19. The summed E-state index contributed by atoms with van der Waals surface area (Å²) in [6.45, 7) is 0. The summed E-state index contributed by atoms with van der Waals surface area (Å²) in [6.07, 6.45) is 0. The number of rotatable bonds is 2. The van der Waals surface area contributed by atoms with Crippen molar-refractivity contribution in [1.29, 1.82) is 0 Å². The number of benzene rings is 1. The van der Waals surface area contributed by atoms with Gasteiger partial charge in [0.15, 0.2) is 5.69 Å². The van der Waals surface area contributed by atoms with E-state index in [9.17, 15) is 14.0 Å². The van der Waals surface area contributed by atoms with Gasteiger partial charge in [-0.15, -0.1) is 0 Å². The van der Waals surface area contributed by atoms with E-state index in [0.717, 1.165) is 0 Å². The third kappa shape index (κ3) is 2.72. The van der Waals surface area contributed by atoms with Crippen LogP contribution in [0.15, 0.2) is 29.1 Å². The van der Waals surface area contributed by atoms with Gasteiger partial charge in [-0.25, -0.2) is 9.18 Å². The van der Waals surface area contributed by atoms with Gasteiger partial charge in [-0.2, -0.15) is 0 Å². The molecule has 0 aliphatic carbocycles. The van der Waals surface area contributed by atoms with Crippen molar-refractivity contribution in [2.45, 2.75) is 0 Å². The van der Waals surface area contributed by atoms with E-state index in [0.29, 0.717) is 5.56 Å². The Morgan fingerprint density at radius 2 is 1.94 bits per heavy atom. The van der Waals surface area contributed by atoms with Gasteiger partial charge < -0.3 is 14.7 Å². The third-order valence-corrected chi connectivity index (χ3v) is 2.19. The van der Waals surface area contributed by atoms with Gasteiger partial charge in [-0.1, -0.05) is 12.1 Å². The number of aromatic amines is 1. The Hall–Kier alpha value is -1.77. The van der Waals surface area contributed by atoms with Crippen molar-refractivity contribution in [2.24, 2.45) is 0 Å². The van der Waals surface area contributed by atoms with Crippen LogP contribution >= 0.6 is 0 Å². The SMILES string of the molecule is COC(=O)c1[n-]c(=O)[nH]c1-c1ccc(F)cc1.[Li+]. The zero-order chi connectivity index (χ0) is 12.4. The van der Waals surface area contributed by atoms with Crippen LogP contribution in [0.3, 0.4) is 0 Å². The van der Waals surface area contributed by atoms with Crippen LogP contribution in [0.1, 0.15) is 10.5 Å². The van der Waals surface area contributed by atoms with E-state index in [1.165, 1.54) is 31.4 Å². The number of imidazole rings is 1. The molecule has 0 aliphatic rings. The molecule has 7 heteroatoms. The molecular formula is C11H8FLiN2O3. The predicted octanol–water partition coefficient (Wildman–Crippen LogP) is -2.07. The van der Waals surface area contributed by atoms with Gasteiger partial charge in [0.2, 0.25) is 0 Å². The maximum absolute atomic E-state index is 12.8. The molecule has 18 heavy (non-hydrogen) atoms. The first-order chi connectivity index (χ1) is 8.11. The van der Waals surface area contributed by atoms with Crippen LogP contribution in [0.5, 0.6) is 0 Å². The van der Waals surface area contributed by atoms with E-state index >= 15 is 0 Å². The van der Waals surface area contributed by atoms with Gasteiger partial charge in [-0.05, 0) is 23.4 Å². The molecule has 0 atom stereocenters. The molecule has 88 valence electrons. The number of ether oxygens (including phenoxy) is 1. The number of hydrogen-bond donors (Lipinski definition) is 1. The predicted molar refractivity (Wildman–Crippen MR) is 57.1 cm³/mol. The summed E-state index contributed by atoms with van der Waals surface area (Å²) in [5, 5.41) is 0. The standard InChI is InChI=1S/C11H9FN2O3.Li/c1-17-10(15)9-8(13-11(16)14-9)6-2-4-7(12)5-3-6;/h2-5H,1H3,(H2,13,14,15,16);/q;+1/p-1.